The molecule has 2 rings (SSSR count). The molecule has 1 aromatic rings. The lowest BCUT2D eigenvalue weighted by atomic mass is 9.90. The number of piperidine rings is 1. The molecule has 132 valence electrons. The van der Waals surface area contributed by atoms with Crippen LogP contribution in [0.3, 0.4) is 0 Å². The highest BCUT2D eigenvalue weighted by Gasteiger charge is 2.29. The predicted molar refractivity (Wildman–Crippen MR) is 93.1 cm³/mol. The van der Waals surface area contributed by atoms with Crippen LogP contribution in [0.5, 0.6) is 0 Å². The fraction of sp³-hybridized carbons (Fsp3) is 0.647. The molecule has 2 heterocycles. The Morgan fingerprint density at radius 2 is 2.00 bits per heavy atom. The van der Waals surface area contributed by atoms with E-state index in [1.54, 1.807) is 17.2 Å². The number of Topliss-reactive ketones (excluding diaryl/α,β-unsaturated/α-hetero) is 1. The molecule has 0 radical (unpaired) electrons. The number of ether oxygens (including phenoxy) is 1. The molecule has 24 heavy (non-hydrogen) atoms. The molecule has 1 aliphatic rings. The van der Waals surface area contributed by atoms with Gasteiger partial charge in [-0.15, -0.1) is 0 Å². The number of thioether (sulfide) groups is 1. The fourth-order valence-electron chi connectivity index (χ4n) is 2.61. The molecule has 0 spiro atoms. The Balaban J connectivity index is 1.85. The van der Waals surface area contributed by atoms with Crippen molar-refractivity contribution in [1.82, 2.24) is 14.9 Å². The second-order valence-corrected chi connectivity index (χ2v) is 7.69. The number of aromatic nitrogens is 2. The van der Waals surface area contributed by atoms with Crippen LogP contribution in [-0.4, -0.2) is 51.7 Å². The van der Waals surface area contributed by atoms with E-state index in [-0.39, 0.29) is 17.8 Å². The Labute approximate surface area is 147 Å². The standard InChI is InChI=1S/C17H25N3O3S/c1-17(2,3)23-16(22)20-9-6-12(7-10-20)14(21)11-13-5-8-18-15(19-13)24-4/h5,8,12H,6-7,9-11H2,1-4H3. The number of carbonyl (C=O) groups excluding carboxylic acids is 2. The lowest BCUT2D eigenvalue weighted by Crippen LogP contribution is -2.43. The van der Waals surface area contributed by atoms with Crippen LogP contribution in [0, 0.1) is 5.92 Å². The Morgan fingerprint density at radius 3 is 2.58 bits per heavy atom. The van der Waals surface area contributed by atoms with Gasteiger partial charge < -0.3 is 9.64 Å². The van der Waals surface area contributed by atoms with Crippen LogP contribution < -0.4 is 0 Å². The topological polar surface area (TPSA) is 72.4 Å². The van der Waals surface area contributed by atoms with Crippen molar-refractivity contribution in [2.75, 3.05) is 19.3 Å². The smallest absolute Gasteiger partial charge is 0.410 e. The van der Waals surface area contributed by atoms with Gasteiger partial charge in [-0.1, -0.05) is 11.8 Å². The second-order valence-electron chi connectivity index (χ2n) is 6.92. The predicted octanol–water partition coefficient (Wildman–Crippen LogP) is 2.96. The molecule has 0 atom stereocenters. The first-order valence-electron chi connectivity index (χ1n) is 8.15. The van der Waals surface area contributed by atoms with Gasteiger partial charge in [0.15, 0.2) is 5.16 Å². The van der Waals surface area contributed by atoms with E-state index in [4.69, 9.17) is 4.74 Å². The molecular weight excluding hydrogens is 326 g/mol. The minimum atomic E-state index is -0.494. The minimum absolute atomic E-state index is 0.0172. The summed E-state index contributed by atoms with van der Waals surface area (Å²) in [5, 5.41) is 0.681. The molecule has 1 aromatic heterocycles. The van der Waals surface area contributed by atoms with Crippen molar-refractivity contribution in [2.24, 2.45) is 5.92 Å². The van der Waals surface area contributed by atoms with Crippen molar-refractivity contribution >= 4 is 23.6 Å². The third-order valence-electron chi connectivity index (χ3n) is 3.83. The van der Waals surface area contributed by atoms with Crippen LogP contribution in [0.4, 0.5) is 4.79 Å². The SMILES string of the molecule is CSc1nccc(CC(=O)C2CCN(C(=O)OC(C)(C)C)CC2)n1. The third-order valence-corrected chi connectivity index (χ3v) is 4.39. The van der Waals surface area contributed by atoms with Gasteiger partial charge in [-0.05, 0) is 45.9 Å². The lowest BCUT2D eigenvalue weighted by molar-refractivity contribution is -0.123. The summed E-state index contributed by atoms with van der Waals surface area (Å²) in [7, 11) is 0. The van der Waals surface area contributed by atoms with Crippen molar-refractivity contribution < 1.29 is 14.3 Å². The molecule has 1 saturated heterocycles. The van der Waals surface area contributed by atoms with E-state index in [2.05, 4.69) is 9.97 Å². The number of hydrogen-bond acceptors (Lipinski definition) is 6. The van der Waals surface area contributed by atoms with E-state index in [0.717, 1.165) is 5.69 Å². The molecule has 1 amide bonds. The first kappa shape index (κ1) is 18.7. The minimum Gasteiger partial charge on any atom is -0.444 e. The van der Waals surface area contributed by atoms with Crippen LogP contribution in [0.2, 0.25) is 0 Å². The first-order chi connectivity index (χ1) is 11.3. The summed E-state index contributed by atoms with van der Waals surface area (Å²) in [6, 6.07) is 1.79. The zero-order valence-corrected chi connectivity index (χ0v) is 15.6. The molecule has 0 unspecified atom stereocenters. The highest BCUT2D eigenvalue weighted by molar-refractivity contribution is 7.98. The number of ketones is 1. The van der Waals surface area contributed by atoms with E-state index in [0.29, 0.717) is 37.5 Å². The van der Waals surface area contributed by atoms with Crippen LogP contribution in [0.15, 0.2) is 17.4 Å². The summed E-state index contributed by atoms with van der Waals surface area (Å²) in [6.07, 6.45) is 4.98. The summed E-state index contributed by atoms with van der Waals surface area (Å²) in [4.78, 5) is 34.7. The second kappa shape index (κ2) is 7.96. The van der Waals surface area contributed by atoms with Gasteiger partial charge in [0.25, 0.3) is 0 Å². The van der Waals surface area contributed by atoms with E-state index < -0.39 is 5.60 Å². The number of likely N-dealkylation sites (tertiary alicyclic amines) is 1. The van der Waals surface area contributed by atoms with Gasteiger partial charge in [-0.2, -0.15) is 0 Å². The molecule has 0 saturated carbocycles. The molecule has 0 N–H and O–H groups in total. The zero-order valence-electron chi connectivity index (χ0n) is 14.7. The van der Waals surface area contributed by atoms with Crippen LogP contribution in [0.25, 0.3) is 0 Å². The highest BCUT2D eigenvalue weighted by atomic mass is 32.2. The number of hydrogen-bond donors (Lipinski definition) is 0. The van der Waals surface area contributed by atoms with Crippen LogP contribution in [0.1, 0.15) is 39.3 Å². The zero-order chi connectivity index (χ0) is 17.7. The third kappa shape index (κ3) is 5.47. The normalized spacial score (nSPS) is 16.1. The monoisotopic (exact) mass is 351 g/mol. The fourth-order valence-corrected chi connectivity index (χ4v) is 2.98. The van der Waals surface area contributed by atoms with Gasteiger partial charge in [0.2, 0.25) is 0 Å². The lowest BCUT2D eigenvalue weighted by Gasteiger charge is -2.32. The Morgan fingerprint density at radius 1 is 1.33 bits per heavy atom. The van der Waals surface area contributed by atoms with Crippen molar-refractivity contribution in [3.05, 3.63) is 18.0 Å². The van der Waals surface area contributed by atoms with E-state index in [1.807, 2.05) is 27.0 Å². The number of amides is 1. The number of carbonyl (C=O) groups is 2. The average Bonchev–Trinajstić information content (AvgIpc) is 2.53. The molecule has 7 heteroatoms. The molecule has 6 nitrogen and oxygen atoms in total. The van der Waals surface area contributed by atoms with Crippen molar-refractivity contribution in [1.29, 1.82) is 0 Å². The largest absolute Gasteiger partial charge is 0.444 e. The maximum absolute atomic E-state index is 12.5. The van der Waals surface area contributed by atoms with E-state index in [9.17, 15) is 9.59 Å². The molecule has 1 aliphatic heterocycles. The van der Waals surface area contributed by atoms with Crippen molar-refractivity contribution in [3.63, 3.8) is 0 Å². The summed E-state index contributed by atoms with van der Waals surface area (Å²) in [5.41, 5.74) is 0.264. The molecule has 0 bridgehead atoms. The summed E-state index contributed by atoms with van der Waals surface area (Å²) in [6.45, 7) is 6.68. The molecule has 0 aromatic carbocycles. The maximum Gasteiger partial charge on any atom is 0.410 e. The molecule has 1 fully saturated rings. The van der Waals surface area contributed by atoms with Gasteiger partial charge in [-0.25, -0.2) is 14.8 Å². The van der Waals surface area contributed by atoms with Crippen molar-refractivity contribution in [3.8, 4) is 0 Å². The molecule has 0 aliphatic carbocycles. The maximum atomic E-state index is 12.5. The summed E-state index contributed by atoms with van der Waals surface area (Å²) < 4.78 is 5.38. The van der Waals surface area contributed by atoms with Gasteiger partial charge in [0, 0.05) is 31.6 Å². The highest BCUT2D eigenvalue weighted by Crippen LogP contribution is 2.22. The Kier molecular flexibility index (Phi) is 6.21. The first-order valence-corrected chi connectivity index (χ1v) is 9.37. The van der Waals surface area contributed by atoms with Gasteiger partial charge in [-0.3, -0.25) is 4.79 Å². The summed E-state index contributed by atoms with van der Waals surface area (Å²) >= 11 is 1.46. The number of rotatable bonds is 4. The number of nitrogens with zero attached hydrogens (tertiary/aromatic N) is 3. The van der Waals surface area contributed by atoms with Crippen molar-refractivity contribution in [2.45, 2.75) is 50.8 Å². The average molecular weight is 351 g/mol. The molecular formula is C17H25N3O3S. The van der Waals surface area contributed by atoms with Gasteiger partial charge >= 0.3 is 6.09 Å². The quantitative estimate of drug-likeness (QED) is 0.613. The van der Waals surface area contributed by atoms with Gasteiger partial charge in [0.05, 0.1) is 5.69 Å². The Bertz CT molecular complexity index is 593. The van der Waals surface area contributed by atoms with E-state index in [1.165, 1.54) is 11.8 Å². The summed E-state index contributed by atoms with van der Waals surface area (Å²) in [5.74, 6) is 0.168. The van der Waals surface area contributed by atoms with E-state index >= 15 is 0 Å². The van der Waals surface area contributed by atoms with Crippen LogP contribution >= 0.6 is 11.8 Å². The van der Waals surface area contributed by atoms with Gasteiger partial charge in [0.1, 0.15) is 11.4 Å². The van der Waals surface area contributed by atoms with Crippen LogP contribution in [-0.2, 0) is 16.0 Å². The Hall–Kier alpha value is -1.63.